The highest BCUT2D eigenvalue weighted by Gasteiger charge is 2.33. The van der Waals surface area contributed by atoms with Gasteiger partial charge in [-0.2, -0.15) is 0 Å². The molecule has 33 heavy (non-hydrogen) atoms. The standard InChI is InChI=1S/C27H32ClN3O2/c1-19-14-23(19)18-33-26-17-22(16-25(28)31-26)27(32)30-24(15-21-6-3-2-4-7-21)11-13-29-12-5-8-20-9-10-20/h2-4,6-7,16-17,19-20,23-24,29H,9-15,18H2,1H3,(H,30,32)/t19-,23?,24+/m0/s1. The minimum atomic E-state index is -0.168. The fraction of sp³-hybridized carbons (Fsp3) is 0.481. The van der Waals surface area contributed by atoms with Crippen molar-refractivity contribution < 1.29 is 9.53 Å². The number of nitrogens with zero attached hydrogens (tertiary/aromatic N) is 1. The molecule has 0 saturated heterocycles. The van der Waals surface area contributed by atoms with Crippen LogP contribution in [0, 0.1) is 29.6 Å². The molecule has 174 valence electrons. The maximum Gasteiger partial charge on any atom is 0.251 e. The molecular formula is C27H32ClN3O2. The lowest BCUT2D eigenvalue weighted by Gasteiger charge is -2.19. The molecule has 6 heteroatoms. The third-order valence-corrected chi connectivity index (χ3v) is 6.37. The van der Waals surface area contributed by atoms with Crippen LogP contribution in [0.3, 0.4) is 0 Å². The molecule has 3 atom stereocenters. The Hall–Kier alpha value is -2.55. The minimum Gasteiger partial charge on any atom is -0.477 e. The van der Waals surface area contributed by atoms with Crippen LogP contribution in [0.1, 0.15) is 48.5 Å². The number of halogens is 1. The highest BCUT2D eigenvalue weighted by atomic mass is 35.5. The lowest BCUT2D eigenvalue weighted by Crippen LogP contribution is -2.38. The van der Waals surface area contributed by atoms with Gasteiger partial charge in [0.25, 0.3) is 5.91 Å². The van der Waals surface area contributed by atoms with Crippen LogP contribution >= 0.6 is 11.6 Å². The van der Waals surface area contributed by atoms with E-state index in [0.717, 1.165) is 19.4 Å². The van der Waals surface area contributed by atoms with Crippen molar-refractivity contribution in [1.82, 2.24) is 15.6 Å². The number of aromatic nitrogens is 1. The molecular weight excluding hydrogens is 434 g/mol. The maximum atomic E-state index is 13.1. The first kappa shape index (κ1) is 23.6. The summed E-state index contributed by atoms with van der Waals surface area (Å²) in [5, 5.41) is 6.82. The van der Waals surface area contributed by atoms with Gasteiger partial charge in [-0.05, 0) is 62.1 Å². The molecule has 2 aromatic rings. The Morgan fingerprint density at radius 1 is 1.27 bits per heavy atom. The first-order valence-electron chi connectivity index (χ1n) is 11.9. The van der Waals surface area contributed by atoms with Gasteiger partial charge in [0.2, 0.25) is 5.88 Å². The zero-order chi connectivity index (χ0) is 23.0. The van der Waals surface area contributed by atoms with E-state index in [1.165, 1.54) is 24.8 Å². The molecule has 4 rings (SSSR count). The first-order valence-corrected chi connectivity index (χ1v) is 12.3. The van der Waals surface area contributed by atoms with Gasteiger partial charge in [0.05, 0.1) is 13.2 Å². The molecule has 2 aliphatic carbocycles. The number of benzene rings is 1. The van der Waals surface area contributed by atoms with Crippen LogP contribution in [-0.4, -0.2) is 36.6 Å². The van der Waals surface area contributed by atoms with Crippen LogP contribution < -0.4 is 15.4 Å². The quantitative estimate of drug-likeness (QED) is 0.291. The molecule has 2 N–H and O–H groups in total. The summed E-state index contributed by atoms with van der Waals surface area (Å²) in [6.07, 6.45) is 5.21. The number of ether oxygens (including phenoxy) is 1. The highest BCUT2D eigenvalue weighted by molar-refractivity contribution is 6.29. The van der Waals surface area contributed by atoms with Crippen LogP contribution in [0.15, 0.2) is 42.5 Å². The van der Waals surface area contributed by atoms with E-state index >= 15 is 0 Å². The average molecular weight is 466 g/mol. The van der Waals surface area contributed by atoms with E-state index < -0.39 is 0 Å². The van der Waals surface area contributed by atoms with Gasteiger partial charge in [-0.1, -0.05) is 60.7 Å². The van der Waals surface area contributed by atoms with Gasteiger partial charge in [0.1, 0.15) is 5.15 Å². The topological polar surface area (TPSA) is 63.2 Å². The predicted molar refractivity (Wildman–Crippen MR) is 131 cm³/mol. The van der Waals surface area contributed by atoms with E-state index in [1.807, 2.05) is 18.2 Å². The molecule has 2 fully saturated rings. The van der Waals surface area contributed by atoms with Crippen LogP contribution in [-0.2, 0) is 6.42 Å². The largest absolute Gasteiger partial charge is 0.477 e. The molecule has 0 spiro atoms. The number of carbonyl (C=O) groups is 1. The van der Waals surface area contributed by atoms with Crippen LogP contribution in [0.25, 0.3) is 0 Å². The number of hydrogen-bond donors (Lipinski definition) is 2. The van der Waals surface area contributed by atoms with Gasteiger partial charge in [-0.25, -0.2) is 4.98 Å². The van der Waals surface area contributed by atoms with Gasteiger partial charge in [-0.3, -0.25) is 4.79 Å². The van der Waals surface area contributed by atoms with Crippen molar-refractivity contribution in [3.05, 3.63) is 58.7 Å². The Bertz CT molecular complexity index is 997. The SMILES string of the molecule is C[C@H]1CC1COc1cc(C(=O)N[C@H](CCNCC#CC2CC2)Cc2ccccc2)cc(Cl)n1. The first-order chi connectivity index (χ1) is 16.1. The van der Waals surface area contributed by atoms with Gasteiger partial charge < -0.3 is 15.4 Å². The van der Waals surface area contributed by atoms with E-state index in [-0.39, 0.29) is 17.1 Å². The smallest absolute Gasteiger partial charge is 0.251 e. The molecule has 1 aromatic heterocycles. The van der Waals surface area contributed by atoms with Crippen molar-refractivity contribution in [2.24, 2.45) is 17.8 Å². The average Bonchev–Trinajstić information content (AvgIpc) is 3.73. The van der Waals surface area contributed by atoms with Gasteiger partial charge in [-0.15, -0.1) is 0 Å². The fourth-order valence-electron chi connectivity index (χ4n) is 3.74. The van der Waals surface area contributed by atoms with E-state index in [2.05, 4.69) is 46.5 Å². The zero-order valence-electron chi connectivity index (χ0n) is 19.1. The Morgan fingerprint density at radius 3 is 2.79 bits per heavy atom. The molecule has 2 aliphatic rings. The Labute approximate surface area is 201 Å². The molecule has 5 nitrogen and oxygen atoms in total. The molecule has 1 aromatic carbocycles. The van der Waals surface area contributed by atoms with Crippen molar-refractivity contribution in [1.29, 1.82) is 0 Å². The van der Waals surface area contributed by atoms with Crippen molar-refractivity contribution in [2.75, 3.05) is 19.7 Å². The van der Waals surface area contributed by atoms with Crippen molar-refractivity contribution in [2.45, 2.75) is 45.1 Å². The summed E-state index contributed by atoms with van der Waals surface area (Å²) in [4.78, 5) is 17.3. The Morgan fingerprint density at radius 2 is 2.06 bits per heavy atom. The summed E-state index contributed by atoms with van der Waals surface area (Å²) in [5.74, 6) is 8.57. The van der Waals surface area contributed by atoms with Gasteiger partial charge >= 0.3 is 0 Å². The van der Waals surface area contributed by atoms with Gasteiger partial charge in [0, 0.05) is 23.6 Å². The lowest BCUT2D eigenvalue weighted by molar-refractivity contribution is 0.0934. The highest BCUT2D eigenvalue weighted by Crippen LogP contribution is 2.37. The van der Waals surface area contributed by atoms with Crippen LogP contribution in [0.5, 0.6) is 5.88 Å². The minimum absolute atomic E-state index is 0.0209. The summed E-state index contributed by atoms with van der Waals surface area (Å²) in [6, 6.07) is 13.5. The number of carbonyl (C=O) groups excluding carboxylic acids is 1. The third kappa shape index (κ3) is 8.07. The molecule has 1 heterocycles. The molecule has 0 radical (unpaired) electrons. The van der Waals surface area contributed by atoms with Crippen LogP contribution in [0.2, 0.25) is 5.15 Å². The van der Waals surface area contributed by atoms with E-state index in [9.17, 15) is 4.79 Å². The predicted octanol–water partition coefficient (Wildman–Crippen LogP) is 4.50. The van der Waals surface area contributed by atoms with E-state index in [0.29, 0.717) is 42.3 Å². The Balaban J connectivity index is 1.34. The lowest BCUT2D eigenvalue weighted by atomic mass is 10.0. The Kier molecular flexibility index (Phi) is 8.25. The van der Waals surface area contributed by atoms with E-state index in [1.54, 1.807) is 12.1 Å². The summed E-state index contributed by atoms with van der Waals surface area (Å²) in [7, 11) is 0. The second kappa shape index (κ2) is 11.5. The van der Waals surface area contributed by atoms with Crippen LogP contribution in [0.4, 0.5) is 0 Å². The molecule has 0 bridgehead atoms. The zero-order valence-corrected chi connectivity index (χ0v) is 19.9. The normalized spacial score (nSPS) is 19.8. The van der Waals surface area contributed by atoms with Gasteiger partial charge in [0.15, 0.2) is 0 Å². The number of nitrogens with one attached hydrogen (secondary N) is 2. The fourth-order valence-corrected chi connectivity index (χ4v) is 3.95. The summed E-state index contributed by atoms with van der Waals surface area (Å²) < 4.78 is 5.80. The number of rotatable bonds is 11. The second-order valence-corrected chi connectivity index (χ2v) is 9.61. The molecule has 1 unspecified atom stereocenters. The monoisotopic (exact) mass is 465 g/mol. The third-order valence-electron chi connectivity index (χ3n) is 6.18. The van der Waals surface area contributed by atoms with Crippen molar-refractivity contribution >= 4 is 17.5 Å². The number of amides is 1. The number of pyridine rings is 1. The summed E-state index contributed by atoms with van der Waals surface area (Å²) in [6.45, 7) is 4.28. The number of hydrogen-bond acceptors (Lipinski definition) is 4. The molecule has 0 aliphatic heterocycles. The molecule has 1 amide bonds. The van der Waals surface area contributed by atoms with E-state index in [4.69, 9.17) is 16.3 Å². The van der Waals surface area contributed by atoms with Crippen molar-refractivity contribution in [3.8, 4) is 17.7 Å². The maximum absolute atomic E-state index is 13.1. The summed E-state index contributed by atoms with van der Waals surface area (Å²) >= 11 is 6.18. The second-order valence-electron chi connectivity index (χ2n) is 9.22. The molecule has 2 saturated carbocycles. The summed E-state index contributed by atoms with van der Waals surface area (Å²) in [5.41, 5.74) is 1.65. The van der Waals surface area contributed by atoms with Crippen molar-refractivity contribution in [3.63, 3.8) is 0 Å².